The third-order valence-corrected chi connectivity index (χ3v) is 3.06. The SMILES string of the molecule is CC(O)CCN(C)C(CCN)c1ccccc1. The Morgan fingerprint density at radius 3 is 2.41 bits per heavy atom. The van der Waals surface area contributed by atoms with Crippen LogP contribution in [0.4, 0.5) is 0 Å². The Kier molecular flexibility index (Phi) is 6.19. The lowest BCUT2D eigenvalue weighted by molar-refractivity contribution is 0.147. The van der Waals surface area contributed by atoms with Crippen LogP contribution in [0.3, 0.4) is 0 Å². The van der Waals surface area contributed by atoms with E-state index in [1.807, 2.05) is 13.0 Å². The van der Waals surface area contributed by atoms with Crippen molar-refractivity contribution in [3.8, 4) is 0 Å². The van der Waals surface area contributed by atoms with E-state index in [-0.39, 0.29) is 6.10 Å². The van der Waals surface area contributed by atoms with Gasteiger partial charge in [0.2, 0.25) is 0 Å². The van der Waals surface area contributed by atoms with E-state index in [0.29, 0.717) is 12.6 Å². The first kappa shape index (κ1) is 14.2. The van der Waals surface area contributed by atoms with Gasteiger partial charge in [-0.25, -0.2) is 0 Å². The van der Waals surface area contributed by atoms with E-state index in [4.69, 9.17) is 5.73 Å². The Labute approximate surface area is 104 Å². The van der Waals surface area contributed by atoms with Gasteiger partial charge in [-0.2, -0.15) is 0 Å². The highest BCUT2D eigenvalue weighted by Gasteiger charge is 2.16. The standard InChI is InChI=1S/C14H24N2O/c1-12(17)9-11-16(2)14(8-10-15)13-6-4-3-5-7-13/h3-7,12,14,17H,8-11,15H2,1-2H3. The number of benzene rings is 1. The molecule has 0 aliphatic heterocycles. The molecule has 1 aromatic rings. The van der Waals surface area contributed by atoms with Crippen LogP contribution >= 0.6 is 0 Å². The predicted molar refractivity (Wildman–Crippen MR) is 71.8 cm³/mol. The van der Waals surface area contributed by atoms with E-state index in [2.05, 4.69) is 36.2 Å². The lowest BCUT2D eigenvalue weighted by Crippen LogP contribution is -2.29. The minimum absolute atomic E-state index is 0.244. The molecule has 0 saturated carbocycles. The maximum atomic E-state index is 9.33. The molecular formula is C14H24N2O. The number of aliphatic hydroxyl groups excluding tert-OH is 1. The molecule has 1 rings (SSSR count). The van der Waals surface area contributed by atoms with Gasteiger partial charge in [-0.15, -0.1) is 0 Å². The molecule has 0 saturated heterocycles. The number of rotatable bonds is 7. The maximum absolute atomic E-state index is 9.33. The van der Waals surface area contributed by atoms with Crippen LogP contribution in [0.15, 0.2) is 30.3 Å². The summed E-state index contributed by atoms with van der Waals surface area (Å²) >= 11 is 0. The summed E-state index contributed by atoms with van der Waals surface area (Å²) in [6.07, 6.45) is 1.50. The molecule has 3 nitrogen and oxygen atoms in total. The molecule has 1 aromatic carbocycles. The van der Waals surface area contributed by atoms with Crippen LogP contribution in [0, 0.1) is 0 Å². The van der Waals surface area contributed by atoms with Gasteiger partial charge in [0.15, 0.2) is 0 Å². The average Bonchev–Trinajstić information content (AvgIpc) is 2.34. The van der Waals surface area contributed by atoms with E-state index in [9.17, 15) is 5.11 Å². The van der Waals surface area contributed by atoms with Crippen LogP contribution in [-0.4, -0.2) is 36.2 Å². The van der Waals surface area contributed by atoms with Crippen LogP contribution in [0.2, 0.25) is 0 Å². The fourth-order valence-electron chi connectivity index (χ4n) is 2.02. The van der Waals surface area contributed by atoms with Gasteiger partial charge in [-0.05, 0) is 38.9 Å². The van der Waals surface area contributed by atoms with Gasteiger partial charge in [0, 0.05) is 12.6 Å². The summed E-state index contributed by atoms with van der Waals surface area (Å²) in [6.45, 7) is 3.39. The molecule has 0 aliphatic carbocycles. The molecule has 0 aromatic heterocycles. The van der Waals surface area contributed by atoms with Crippen molar-refractivity contribution in [2.75, 3.05) is 20.1 Å². The maximum Gasteiger partial charge on any atom is 0.0524 e. The third-order valence-electron chi connectivity index (χ3n) is 3.06. The second-order valence-corrected chi connectivity index (χ2v) is 4.62. The molecule has 0 aliphatic rings. The summed E-state index contributed by atoms with van der Waals surface area (Å²) in [5.74, 6) is 0. The lowest BCUT2D eigenvalue weighted by atomic mass is 10.0. The van der Waals surface area contributed by atoms with Crippen molar-refractivity contribution in [2.24, 2.45) is 5.73 Å². The first-order valence-corrected chi connectivity index (χ1v) is 6.28. The van der Waals surface area contributed by atoms with E-state index in [1.165, 1.54) is 5.56 Å². The summed E-state index contributed by atoms with van der Waals surface area (Å²) in [4.78, 5) is 2.27. The highest BCUT2D eigenvalue weighted by atomic mass is 16.3. The quantitative estimate of drug-likeness (QED) is 0.758. The zero-order valence-electron chi connectivity index (χ0n) is 10.8. The molecule has 0 amide bonds. The molecule has 0 bridgehead atoms. The Hall–Kier alpha value is -0.900. The van der Waals surface area contributed by atoms with E-state index in [0.717, 1.165) is 19.4 Å². The Morgan fingerprint density at radius 1 is 1.24 bits per heavy atom. The highest BCUT2D eigenvalue weighted by molar-refractivity contribution is 5.18. The van der Waals surface area contributed by atoms with Crippen LogP contribution in [0.25, 0.3) is 0 Å². The fraction of sp³-hybridized carbons (Fsp3) is 0.571. The zero-order chi connectivity index (χ0) is 12.7. The second kappa shape index (κ2) is 7.43. The van der Waals surface area contributed by atoms with Gasteiger partial charge in [-0.3, -0.25) is 4.90 Å². The molecule has 0 fully saturated rings. The predicted octanol–water partition coefficient (Wildman–Crippen LogP) is 1.78. The zero-order valence-corrected chi connectivity index (χ0v) is 10.8. The van der Waals surface area contributed by atoms with Crippen molar-refractivity contribution in [2.45, 2.75) is 31.9 Å². The molecule has 3 heteroatoms. The summed E-state index contributed by atoms with van der Waals surface area (Å²) in [5, 5.41) is 9.33. The molecule has 0 radical (unpaired) electrons. The van der Waals surface area contributed by atoms with Gasteiger partial charge in [-0.1, -0.05) is 30.3 Å². The molecule has 0 heterocycles. The lowest BCUT2D eigenvalue weighted by Gasteiger charge is -2.28. The number of hydrogen-bond donors (Lipinski definition) is 2. The number of nitrogens with zero attached hydrogens (tertiary/aromatic N) is 1. The Morgan fingerprint density at radius 2 is 1.88 bits per heavy atom. The van der Waals surface area contributed by atoms with E-state index < -0.39 is 0 Å². The number of nitrogens with two attached hydrogens (primary N) is 1. The van der Waals surface area contributed by atoms with Crippen LogP contribution in [-0.2, 0) is 0 Å². The number of aliphatic hydroxyl groups is 1. The fourth-order valence-corrected chi connectivity index (χ4v) is 2.02. The topological polar surface area (TPSA) is 49.5 Å². The first-order valence-electron chi connectivity index (χ1n) is 6.28. The van der Waals surface area contributed by atoms with Crippen LogP contribution in [0.1, 0.15) is 31.4 Å². The Bertz CT molecular complexity index is 300. The highest BCUT2D eigenvalue weighted by Crippen LogP contribution is 2.22. The summed E-state index contributed by atoms with van der Waals surface area (Å²) in [5.41, 5.74) is 6.98. The van der Waals surface area contributed by atoms with Crippen molar-refractivity contribution in [3.63, 3.8) is 0 Å². The van der Waals surface area contributed by atoms with Crippen molar-refractivity contribution in [1.82, 2.24) is 4.90 Å². The minimum atomic E-state index is -0.244. The molecule has 2 unspecified atom stereocenters. The van der Waals surface area contributed by atoms with Gasteiger partial charge in [0.25, 0.3) is 0 Å². The summed E-state index contributed by atoms with van der Waals surface area (Å²) in [6, 6.07) is 10.8. The van der Waals surface area contributed by atoms with E-state index >= 15 is 0 Å². The average molecular weight is 236 g/mol. The van der Waals surface area contributed by atoms with Gasteiger partial charge >= 0.3 is 0 Å². The van der Waals surface area contributed by atoms with Crippen LogP contribution in [0.5, 0.6) is 0 Å². The van der Waals surface area contributed by atoms with Crippen molar-refractivity contribution < 1.29 is 5.11 Å². The van der Waals surface area contributed by atoms with Crippen molar-refractivity contribution >= 4 is 0 Å². The smallest absolute Gasteiger partial charge is 0.0524 e. The summed E-state index contributed by atoms with van der Waals surface area (Å²) in [7, 11) is 2.09. The van der Waals surface area contributed by atoms with Gasteiger partial charge in [0.1, 0.15) is 0 Å². The number of hydrogen-bond acceptors (Lipinski definition) is 3. The molecule has 3 N–H and O–H groups in total. The second-order valence-electron chi connectivity index (χ2n) is 4.62. The third kappa shape index (κ3) is 4.86. The van der Waals surface area contributed by atoms with Gasteiger partial charge in [0.05, 0.1) is 6.10 Å². The molecule has 96 valence electrons. The van der Waals surface area contributed by atoms with Gasteiger partial charge < -0.3 is 10.8 Å². The Balaban J connectivity index is 2.65. The molecule has 2 atom stereocenters. The van der Waals surface area contributed by atoms with Crippen molar-refractivity contribution in [1.29, 1.82) is 0 Å². The monoisotopic (exact) mass is 236 g/mol. The van der Waals surface area contributed by atoms with E-state index in [1.54, 1.807) is 0 Å². The first-order chi connectivity index (χ1) is 8.15. The van der Waals surface area contributed by atoms with Crippen LogP contribution < -0.4 is 5.73 Å². The summed E-state index contributed by atoms with van der Waals surface area (Å²) < 4.78 is 0. The largest absolute Gasteiger partial charge is 0.393 e. The molecule has 0 spiro atoms. The normalized spacial score (nSPS) is 14.9. The minimum Gasteiger partial charge on any atom is -0.393 e. The van der Waals surface area contributed by atoms with Crippen molar-refractivity contribution in [3.05, 3.63) is 35.9 Å². The molecule has 17 heavy (non-hydrogen) atoms. The molecular weight excluding hydrogens is 212 g/mol.